The summed E-state index contributed by atoms with van der Waals surface area (Å²) < 4.78 is 5.57. The Bertz CT molecular complexity index is 476. The second-order valence-electron chi connectivity index (χ2n) is 4.59. The molecule has 2 aromatic rings. The highest BCUT2D eigenvalue weighted by Gasteiger charge is 2.15. The fourth-order valence-electron chi connectivity index (χ4n) is 1.99. The molecule has 1 aromatic carbocycles. The number of fused-ring (bicyclic) bond motifs is 1. The van der Waals surface area contributed by atoms with Crippen LogP contribution in [-0.4, -0.2) is 19.6 Å². The molecule has 2 rings (SSSR count). The molecular formula is C14H20N2O. The van der Waals surface area contributed by atoms with Crippen molar-refractivity contribution in [3.8, 4) is 0 Å². The van der Waals surface area contributed by atoms with Crippen LogP contribution >= 0.6 is 0 Å². The fraction of sp³-hybridized carbons (Fsp3) is 0.429. The van der Waals surface area contributed by atoms with E-state index >= 15 is 0 Å². The third-order valence-electron chi connectivity index (χ3n) is 2.97. The van der Waals surface area contributed by atoms with E-state index in [2.05, 4.69) is 30.5 Å². The average Bonchev–Trinajstić information content (AvgIpc) is 2.74. The van der Waals surface area contributed by atoms with Crippen LogP contribution in [0.25, 0.3) is 11.0 Å². The first kappa shape index (κ1) is 12.1. The Kier molecular flexibility index (Phi) is 3.82. The minimum atomic E-state index is 0.279. The summed E-state index contributed by atoms with van der Waals surface area (Å²) in [5.41, 5.74) is 2.17. The second kappa shape index (κ2) is 5.34. The van der Waals surface area contributed by atoms with Crippen LogP contribution in [0.15, 0.2) is 34.9 Å². The standard InChI is InChI=1S/C14H20N2O/c1-10(2)16-8-13(15-3)12-9-17-14-7-5-4-6-11(12)14/h4-7,9-10,13,15-16H,8H2,1-3H3. The van der Waals surface area contributed by atoms with Crippen LogP contribution in [0.2, 0.25) is 0 Å². The monoisotopic (exact) mass is 232 g/mol. The topological polar surface area (TPSA) is 37.2 Å². The van der Waals surface area contributed by atoms with E-state index < -0.39 is 0 Å². The maximum Gasteiger partial charge on any atom is 0.134 e. The highest BCUT2D eigenvalue weighted by molar-refractivity contribution is 5.81. The number of benzene rings is 1. The first-order valence-electron chi connectivity index (χ1n) is 6.09. The fourth-order valence-corrected chi connectivity index (χ4v) is 1.99. The van der Waals surface area contributed by atoms with Crippen molar-refractivity contribution in [1.29, 1.82) is 0 Å². The molecule has 3 heteroatoms. The van der Waals surface area contributed by atoms with Gasteiger partial charge in [-0.05, 0) is 13.1 Å². The van der Waals surface area contributed by atoms with Gasteiger partial charge in [0.2, 0.25) is 0 Å². The maximum atomic E-state index is 5.57. The van der Waals surface area contributed by atoms with E-state index in [1.165, 1.54) is 10.9 Å². The van der Waals surface area contributed by atoms with E-state index in [1.54, 1.807) is 0 Å². The Morgan fingerprint density at radius 3 is 2.71 bits per heavy atom. The second-order valence-corrected chi connectivity index (χ2v) is 4.59. The van der Waals surface area contributed by atoms with Crippen molar-refractivity contribution in [2.75, 3.05) is 13.6 Å². The van der Waals surface area contributed by atoms with E-state index in [0.29, 0.717) is 6.04 Å². The van der Waals surface area contributed by atoms with E-state index in [-0.39, 0.29) is 6.04 Å². The molecule has 0 spiro atoms. The quantitative estimate of drug-likeness (QED) is 0.832. The Hall–Kier alpha value is -1.32. The first-order valence-corrected chi connectivity index (χ1v) is 6.09. The molecule has 3 nitrogen and oxygen atoms in total. The summed E-state index contributed by atoms with van der Waals surface area (Å²) >= 11 is 0. The van der Waals surface area contributed by atoms with Gasteiger partial charge in [0.25, 0.3) is 0 Å². The van der Waals surface area contributed by atoms with Crippen molar-refractivity contribution in [2.45, 2.75) is 25.9 Å². The van der Waals surface area contributed by atoms with Crippen LogP contribution in [0.4, 0.5) is 0 Å². The summed E-state index contributed by atoms with van der Waals surface area (Å²) in [7, 11) is 1.98. The molecule has 1 aromatic heterocycles. The maximum absolute atomic E-state index is 5.57. The normalized spacial score (nSPS) is 13.4. The van der Waals surface area contributed by atoms with E-state index in [1.807, 2.05) is 31.5 Å². The number of hydrogen-bond acceptors (Lipinski definition) is 3. The molecule has 0 bridgehead atoms. The number of hydrogen-bond donors (Lipinski definition) is 2. The van der Waals surface area contributed by atoms with Crippen LogP contribution in [0.1, 0.15) is 25.5 Å². The van der Waals surface area contributed by atoms with Gasteiger partial charge >= 0.3 is 0 Å². The molecule has 0 amide bonds. The van der Waals surface area contributed by atoms with Crippen LogP contribution < -0.4 is 10.6 Å². The van der Waals surface area contributed by atoms with Gasteiger partial charge in [0.15, 0.2) is 0 Å². The van der Waals surface area contributed by atoms with Crippen molar-refractivity contribution >= 4 is 11.0 Å². The Morgan fingerprint density at radius 2 is 2.00 bits per heavy atom. The van der Waals surface area contributed by atoms with Crippen LogP contribution in [0.5, 0.6) is 0 Å². The summed E-state index contributed by atoms with van der Waals surface area (Å²) in [4.78, 5) is 0. The van der Waals surface area contributed by atoms with Gasteiger partial charge in [-0.15, -0.1) is 0 Å². The summed E-state index contributed by atoms with van der Waals surface area (Å²) in [6.45, 7) is 5.21. The van der Waals surface area contributed by atoms with E-state index in [0.717, 1.165) is 12.1 Å². The zero-order chi connectivity index (χ0) is 12.3. The molecule has 1 unspecified atom stereocenters. The molecule has 17 heavy (non-hydrogen) atoms. The number of para-hydroxylation sites is 1. The van der Waals surface area contributed by atoms with Crippen LogP contribution in [0.3, 0.4) is 0 Å². The minimum Gasteiger partial charge on any atom is -0.464 e. The first-order chi connectivity index (χ1) is 8.22. The van der Waals surface area contributed by atoms with Gasteiger partial charge in [-0.25, -0.2) is 0 Å². The Balaban J connectivity index is 2.24. The predicted octanol–water partition coefficient (Wildman–Crippen LogP) is 2.69. The van der Waals surface area contributed by atoms with Gasteiger partial charge in [-0.1, -0.05) is 32.0 Å². The van der Waals surface area contributed by atoms with Gasteiger partial charge in [0, 0.05) is 29.6 Å². The lowest BCUT2D eigenvalue weighted by Crippen LogP contribution is -2.33. The lowest BCUT2D eigenvalue weighted by molar-refractivity contribution is 0.487. The highest BCUT2D eigenvalue weighted by atomic mass is 16.3. The number of furan rings is 1. The molecule has 0 aliphatic carbocycles. The molecule has 1 heterocycles. The van der Waals surface area contributed by atoms with Crippen LogP contribution in [0, 0.1) is 0 Å². The van der Waals surface area contributed by atoms with Crippen molar-refractivity contribution in [1.82, 2.24) is 10.6 Å². The van der Waals surface area contributed by atoms with Crippen LogP contribution in [-0.2, 0) is 0 Å². The Morgan fingerprint density at radius 1 is 1.24 bits per heavy atom. The van der Waals surface area contributed by atoms with Gasteiger partial charge < -0.3 is 15.1 Å². The van der Waals surface area contributed by atoms with Gasteiger partial charge in [-0.3, -0.25) is 0 Å². The van der Waals surface area contributed by atoms with Crippen molar-refractivity contribution in [3.05, 3.63) is 36.1 Å². The largest absolute Gasteiger partial charge is 0.464 e. The lowest BCUT2D eigenvalue weighted by atomic mass is 10.1. The molecule has 92 valence electrons. The molecule has 0 fully saturated rings. The molecular weight excluding hydrogens is 212 g/mol. The average molecular weight is 232 g/mol. The van der Waals surface area contributed by atoms with Gasteiger partial charge in [0.1, 0.15) is 5.58 Å². The predicted molar refractivity (Wildman–Crippen MR) is 71.2 cm³/mol. The van der Waals surface area contributed by atoms with E-state index in [4.69, 9.17) is 4.42 Å². The molecule has 0 saturated heterocycles. The van der Waals surface area contributed by atoms with Crippen molar-refractivity contribution in [2.24, 2.45) is 0 Å². The van der Waals surface area contributed by atoms with Gasteiger partial charge in [-0.2, -0.15) is 0 Å². The Labute approximate surface area is 102 Å². The van der Waals surface area contributed by atoms with E-state index in [9.17, 15) is 0 Å². The smallest absolute Gasteiger partial charge is 0.134 e. The zero-order valence-corrected chi connectivity index (χ0v) is 10.7. The third-order valence-corrected chi connectivity index (χ3v) is 2.97. The molecule has 1 atom stereocenters. The van der Waals surface area contributed by atoms with Gasteiger partial charge in [0.05, 0.1) is 6.26 Å². The lowest BCUT2D eigenvalue weighted by Gasteiger charge is -2.17. The van der Waals surface area contributed by atoms with Crippen molar-refractivity contribution in [3.63, 3.8) is 0 Å². The molecule has 0 aliphatic heterocycles. The number of nitrogens with one attached hydrogen (secondary N) is 2. The minimum absolute atomic E-state index is 0.279. The highest BCUT2D eigenvalue weighted by Crippen LogP contribution is 2.25. The summed E-state index contributed by atoms with van der Waals surface area (Å²) in [5, 5.41) is 7.97. The SMILES string of the molecule is CNC(CNC(C)C)c1coc2ccccc12. The molecule has 0 aliphatic rings. The molecule has 0 saturated carbocycles. The summed E-state index contributed by atoms with van der Waals surface area (Å²) in [6, 6.07) is 8.92. The number of rotatable bonds is 5. The summed E-state index contributed by atoms with van der Waals surface area (Å²) in [6.07, 6.45) is 1.86. The molecule has 2 N–H and O–H groups in total. The van der Waals surface area contributed by atoms with Crippen molar-refractivity contribution < 1.29 is 4.42 Å². The third kappa shape index (κ3) is 2.68. The molecule has 0 radical (unpaired) electrons. The number of likely N-dealkylation sites (N-methyl/N-ethyl adjacent to an activating group) is 1. The zero-order valence-electron chi connectivity index (χ0n) is 10.7. The summed E-state index contributed by atoms with van der Waals surface area (Å²) in [5.74, 6) is 0.